The molecule has 1 aliphatic heterocycles. The third-order valence-electron chi connectivity index (χ3n) is 6.26. The number of nitrogens with one attached hydrogen (secondary N) is 2. The van der Waals surface area contributed by atoms with Gasteiger partial charge >= 0.3 is 0 Å². The van der Waals surface area contributed by atoms with Gasteiger partial charge in [-0.3, -0.25) is 9.52 Å². The third-order valence-corrected chi connectivity index (χ3v) is 7.64. The first-order valence-corrected chi connectivity index (χ1v) is 13.8. The van der Waals surface area contributed by atoms with Gasteiger partial charge in [0, 0.05) is 36.6 Å². The quantitative estimate of drug-likeness (QED) is 0.333. The van der Waals surface area contributed by atoms with Crippen LogP contribution in [0, 0.1) is 0 Å². The first kappa shape index (κ1) is 25.3. The summed E-state index contributed by atoms with van der Waals surface area (Å²) in [6, 6.07) is 28.2. The standard InChI is InChI=1S/C29H28N4O4S/c34-29(31-25-16-18-33(20-25)28-11-4-5-17-30-28)23-9-6-10-27(19-23)38(35,36)32-24-12-14-26(15-13-24)37-21-22-7-2-1-3-8-22/h1-15,17,19,25,32H,16,18,20-21H2,(H,31,34). The largest absolute Gasteiger partial charge is 0.489 e. The van der Waals surface area contributed by atoms with E-state index in [9.17, 15) is 13.2 Å². The maximum Gasteiger partial charge on any atom is 0.261 e. The van der Waals surface area contributed by atoms with Gasteiger partial charge in [-0.1, -0.05) is 42.5 Å². The molecule has 0 radical (unpaired) electrons. The number of carbonyl (C=O) groups excluding carboxylic acids is 1. The maximum absolute atomic E-state index is 13.0. The topological polar surface area (TPSA) is 101 Å². The normalized spacial score (nSPS) is 15.2. The number of rotatable bonds is 9. The van der Waals surface area contributed by atoms with E-state index in [1.54, 1.807) is 42.6 Å². The highest BCUT2D eigenvalue weighted by molar-refractivity contribution is 7.92. The Morgan fingerprint density at radius 1 is 0.947 bits per heavy atom. The first-order valence-electron chi connectivity index (χ1n) is 12.3. The molecule has 3 aromatic carbocycles. The van der Waals surface area contributed by atoms with Crippen LogP contribution in [0.5, 0.6) is 5.75 Å². The van der Waals surface area contributed by atoms with Crippen LogP contribution in [0.25, 0.3) is 0 Å². The second-order valence-corrected chi connectivity index (χ2v) is 10.7. The molecule has 4 aromatic rings. The van der Waals surface area contributed by atoms with Crippen molar-refractivity contribution >= 4 is 27.4 Å². The summed E-state index contributed by atoms with van der Waals surface area (Å²) in [4.78, 5) is 19.4. The van der Waals surface area contributed by atoms with Crippen molar-refractivity contribution in [2.24, 2.45) is 0 Å². The van der Waals surface area contributed by atoms with Crippen molar-refractivity contribution in [1.82, 2.24) is 10.3 Å². The minimum absolute atomic E-state index is 0.0103. The van der Waals surface area contributed by atoms with Crippen LogP contribution in [0.2, 0.25) is 0 Å². The summed E-state index contributed by atoms with van der Waals surface area (Å²) in [6.07, 6.45) is 2.53. The monoisotopic (exact) mass is 528 g/mol. The molecule has 0 aliphatic carbocycles. The van der Waals surface area contributed by atoms with Crippen LogP contribution in [0.1, 0.15) is 22.3 Å². The van der Waals surface area contributed by atoms with Gasteiger partial charge in [-0.05, 0) is 66.6 Å². The van der Waals surface area contributed by atoms with Crippen molar-refractivity contribution in [3.05, 3.63) is 114 Å². The van der Waals surface area contributed by atoms with Gasteiger partial charge < -0.3 is 15.0 Å². The second kappa shape index (κ2) is 11.4. The number of ether oxygens (including phenoxy) is 1. The van der Waals surface area contributed by atoms with Crippen LogP contribution < -0.4 is 19.7 Å². The van der Waals surface area contributed by atoms with Crippen LogP contribution in [0.3, 0.4) is 0 Å². The number of carbonyl (C=O) groups is 1. The lowest BCUT2D eigenvalue weighted by Crippen LogP contribution is -2.37. The molecule has 1 saturated heterocycles. The highest BCUT2D eigenvalue weighted by Crippen LogP contribution is 2.22. The number of anilines is 2. The number of nitrogens with zero attached hydrogens (tertiary/aromatic N) is 2. The number of pyridine rings is 1. The lowest BCUT2D eigenvalue weighted by Gasteiger charge is -2.18. The Morgan fingerprint density at radius 3 is 2.50 bits per heavy atom. The van der Waals surface area contributed by atoms with E-state index in [0.29, 0.717) is 24.6 Å². The average molecular weight is 529 g/mol. The second-order valence-electron chi connectivity index (χ2n) is 9.02. The molecule has 0 bridgehead atoms. The molecule has 1 aromatic heterocycles. The summed E-state index contributed by atoms with van der Waals surface area (Å²) in [7, 11) is -3.90. The van der Waals surface area contributed by atoms with Crippen molar-refractivity contribution in [3.63, 3.8) is 0 Å². The highest BCUT2D eigenvalue weighted by Gasteiger charge is 2.25. The summed E-state index contributed by atoms with van der Waals surface area (Å²) in [5, 5.41) is 3.02. The van der Waals surface area contributed by atoms with Crippen LogP contribution in [0.4, 0.5) is 11.5 Å². The van der Waals surface area contributed by atoms with E-state index in [4.69, 9.17) is 4.74 Å². The van der Waals surface area contributed by atoms with Gasteiger partial charge in [0.2, 0.25) is 0 Å². The average Bonchev–Trinajstić information content (AvgIpc) is 3.42. The summed E-state index contributed by atoms with van der Waals surface area (Å²) in [5.41, 5.74) is 1.72. The fourth-order valence-electron chi connectivity index (χ4n) is 4.27. The molecule has 9 heteroatoms. The third kappa shape index (κ3) is 6.30. The lowest BCUT2D eigenvalue weighted by molar-refractivity contribution is 0.0940. The van der Waals surface area contributed by atoms with Gasteiger partial charge in [-0.2, -0.15) is 0 Å². The van der Waals surface area contributed by atoms with Crippen molar-refractivity contribution < 1.29 is 17.9 Å². The van der Waals surface area contributed by atoms with Crippen LogP contribution in [-0.2, 0) is 16.6 Å². The molecule has 5 rings (SSSR count). The molecule has 1 atom stereocenters. The molecule has 2 N–H and O–H groups in total. The smallest absolute Gasteiger partial charge is 0.261 e. The van der Waals surface area contributed by atoms with Crippen molar-refractivity contribution in [3.8, 4) is 5.75 Å². The molecule has 0 spiro atoms. The molecular formula is C29H28N4O4S. The van der Waals surface area contributed by atoms with E-state index in [-0.39, 0.29) is 22.4 Å². The van der Waals surface area contributed by atoms with E-state index in [2.05, 4.69) is 19.9 Å². The van der Waals surface area contributed by atoms with Gasteiger partial charge in [-0.25, -0.2) is 13.4 Å². The summed E-state index contributed by atoms with van der Waals surface area (Å²) >= 11 is 0. The lowest BCUT2D eigenvalue weighted by atomic mass is 10.2. The Morgan fingerprint density at radius 2 is 1.74 bits per heavy atom. The van der Waals surface area contributed by atoms with Gasteiger partial charge in [0.15, 0.2) is 0 Å². The summed E-state index contributed by atoms with van der Waals surface area (Å²) in [6.45, 7) is 1.85. The molecule has 194 valence electrons. The van der Waals surface area contributed by atoms with Gasteiger partial charge in [0.25, 0.3) is 15.9 Å². The highest BCUT2D eigenvalue weighted by atomic mass is 32.2. The number of benzene rings is 3. The predicted octanol–water partition coefficient (Wildman–Crippen LogP) is 4.47. The van der Waals surface area contributed by atoms with Crippen LogP contribution in [0.15, 0.2) is 108 Å². The zero-order chi connectivity index (χ0) is 26.4. The molecule has 1 amide bonds. The Hall–Kier alpha value is -4.37. The molecule has 8 nitrogen and oxygen atoms in total. The summed E-state index contributed by atoms with van der Waals surface area (Å²) in [5.74, 6) is 1.19. The molecule has 1 aliphatic rings. The fourth-order valence-corrected chi connectivity index (χ4v) is 5.38. The SMILES string of the molecule is O=C(NC1CCN(c2ccccn2)C1)c1cccc(S(=O)(=O)Nc2ccc(OCc3ccccc3)cc2)c1. The van der Waals surface area contributed by atoms with E-state index in [1.807, 2.05) is 48.5 Å². The molecule has 0 saturated carbocycles. The molecular weight excluding hydrogens is 500 g/mol. The van der Waals surface area contributed by atoms with E-state index >= 15 is 0 Å². The number of amides is 1. The van der Waals surface area contributed by atoms with Gasteiger partial charge in [-0.15, -0.1) is 0 Å². The Labute approximate surface area is 222 Å². The molecule has 1 unspecified atom stereocenters. The summed E-state index contributed by atoms with van der Waals surface area (Å²) < 4.78 is 34.4. The Kier molecular flexibility index (Phi) is 7.55. The Bertz CT molecular complexity index is 1480. The fraction of sp³-hybridized carbons (Fsp3) is 0.172. The molecule has 1 fully saturated rings. The Balaban J connectivity index is 1.19. The first-order chi connectivity index (χ1) is 18.5. The number of hydrogen-bond donors (Lipinski definition) is 2. The minimum Gasteiger partial charge on any atom is -0.489 e. The number of sulfonamides is 1. The minimum atomic E-state index is -3.90. The molecule has 38 heavy (non-hydrogen) atoms. The van der Waals surface area contributed by atoms with Gasteiger partial charge in [0.1, 0.15) is 18.2 Å². The van der Waals surface area contributed by atoms with Crippen LogP contribution in [-0.4, -0.2) is 38.4 Å². The number of hydrogen-bond acceptors (Lipinski definition) is 6. The van der Waals surface area contributed by atoms with Crippen molar-refractivity contribution in [2.75, 3.05) is 22.7 Å². The van der Waals surface area contributed by atoms with E-state index < -0.39 is 10.0 Å². The zero-order valence-electron chi connectivity index (χ0n) is 20.7. The molecule has 2 heterocycles. The maximum atomic E-state index is 13.0. The van der Waals surface area contributed by atoms with Crippen LogP contribution >= 0.6 is 0 Å². The predicted molar refractivity (Wildman–Crippen MR) is 147 cm³/mol. The van der Waals surface area contributed by atoms with Crippen molar-refractivity contribution in [2.45, 2.75) is 24.0 Å². The number of aromatic nitrogens is 1. The van der Waals surface area contributed by atoms with Crippen molar-refractivity contribution in [1.29, 1.82) is 0 Å². The van der Waals surface area contributed by atoms with Gasteiger partial charge in [0.05, 0.1) is 4.90 Å². The van der Waals surface area contributed by atoms with E-state index in [1.165, 1.54) is 12.1 Å². The van der Waals surface area contributed by atoms with E-state index in [0.717, 1.165) is 24.3 Å². The zero-order valence-corrected chi connectivity index (χ0v) is 21.5.